The minimum absolute atomic E-state index is 0.0853. The largest absolute Gasteiger partial charge is 0.467 e. The molecular formula is C13H14N2O3. The van der Waals surface area contributed by atoms with Gasteiger partial charge in [0.2, 0.25) is 0 Å². The van der Waals surface area contributed by atoms with E-state index >= 15 is 0 Å². The van der Waals surface area contributed by atoms with Gasteiger partial charge in [0.25, 0.3) is 5.91 Å². The number of nitrogens with zero attached hydrogens (tertiary/aromatic N) is 1. The third-order valence-corrected chi connectivity index (χ3v) is 2.45. The minimum atomic E-state index is -0.853. The Hall–Kier alpha value is -2.14. The Kier molecular flexibility index (Phi) is 3.74. The number of hydrogen-bond acceptors (Lipinski definition) is 4. The summed E-state index contributed by atoms with van der Waals surface area (Å²) in [6.07, 6.45) is 0.622. The molecule has 2 aromatic heterocycles. The summed E-state index contributed by atoms with van der Waals surface area (Å²) in [5.41, 5.74) is 1.11. The molecule has 2 aromatic rings. The predicted octanol–water partition coefficient (Wildman–Crippen LogP) is 1.45. The second-order valence-electron chi connectivity index (χ2n) is 3.91. The van der Waals surface area contributed by atoms with E-state index < -0.39 is 6.10 Å². The number of aryl methyl sites for hydroxylation is 1. The maximum Gasteiger partial charge on any atom is 0.269 e. The van der Waals surface area contributed by atoms with Gasteiger partial charge in [-0.25, -0.2) is 4.98 Å². The fraction of sp³-hybridized carbons (Fsp3) is 0.231. The molecule has 18 heavy (non-hydrogen) atoms. The average molecular weight is 246 g/mol. The van der Waals surface area contributed by atoms with Crippen molar-refractivity contribution in [3.8, 4) is 0 Å². The zero-order chi connectivity index (χ0) is 13.0. The molecule has 0 spiro atoms. The smallest absolute Gasteiger partial charge is 0.269 e. The van der Waals surface area contributed by atoms with Crippen LogP contribution >= 0.6 is 0 Å². The van der Waals surface area contributed by atoms with Crippen LogP contribution in [-0.4, -0.2) is 22.5 Å². The Morgan fingerprint density at radius 1 is 1.44 bits per heavy atom. The highest BCUT2D eigenvalue weighted by Gasteiger charge is 2.13. The number of nitrogens with one attached hydrogen (secondary N) is 1. The fourth-order valence-corrected chi connectivity index (χ4v) is 1.53. The highest BCUT2D eigenvalue weighted by atomic mass is 16.4. The Labute approximate surface area is 104 Å². The lowest BCUT2D eigenvalue weighted by atomic mass is 10.2. The van der Waals surface area contributed by atoms with E-state index in [2.05, 4.69) is 10.3 Å². The molecule has 94 valence electrons. The lowest BCUT2D eigenvalue weighted by Crippen LogP contribution is -2.29. The number of aliphatic hydroxyl groups excluding tert-OH is 1. The van der Waals surface area contributed by atoms with Crippen molar-refractivity contribution in [2.24, 2.45) is 0 Å². The van der Waals surface area contributed by atoms with Gasteiger partial charge in [-0.3, -0.25) is 4.79 Å². The van der Waals surface area contributed by atoms with Crippen LogP contribution in [0.25, 0.3) is 0 Å². The van der Waals surface area contributed by atoms with Gasteiger partial charge in [-0.15, -0.1) is 0 Å². The number of carbonyl (C=O) groups excluding carboxylic acids is 1. The standard InChI is InChI=1S/C13H14N2O3/c1-9-4-2-5-10(15-9)13(17)14-8-11(16)12-6-3-7-18-12/h2-7,11,16H,8H2,1H3,(H,14,17). The number of carbonyl (C=O) groups is 1. The van der Waals surface area contributed by atoms with Gasteiger partial charge in [0.05, 0.1) is 12.8 Å². The third kappa shape index (κ3) is 2.95. The maximum atomic E-state index is 11.8. The molecule has 1 atom stereocenters. The molecule has 5 heteroatoms. The summed E-state index contributed by atoms with van der Waals surface area (Å²) < 4.78 is 5.04. The van der Waals surface area contributed by atoms with E-state index in [9.17, 15) is 9.90 Å². The predicted molar refractivity (Wildman–Crippen MR) is 65.0 cm³/mol. The summed E-state index contributed by atoms with van der Waals surface area (Å²) >= 11 is 0. The summed E-state index contributed by atoms with van der Waals surface area (Å²) in [5.74, 6) is 0.108. The van der Waals surface area contributed by atoms with Crippen LogP contribution in [-0.2, 0) is 0 Å². The van der Waals surface area contributed by atoms with Gasteiger partial charge < -0.3 is 14.8 Å². The van der Waals surface area contributed by atoms with Gasteiger partial charge in [0.15, 0.2) is 0 Å². The Morgan fingerprint density at radius 3 is 2.94 bits per heavy atom. The molecule has 0 radical (unpaired) electrons. The normalized spacial score (nSPS) is 12.1. The second-order valence-corrected chi connectivity index (χ2v) is 3.91. The molecule has 0 saturated carbocycles. The van der Waals surface area contributed by atoms with Gasteiger partial charge in [0.1, 0.15) is 17.6 Å². The summed E-state index contributed by atoms with van der Waals surface area (Å²) in [6, 6.07) is 8.54. The van der Waals surface area contributed by atoms with Crippen LogP contribution in [0.5, 0.6) is 0 Å². The van der Waals surface area contributed by atoms with Gasteiger partial charge in [-0.05, 0) is 31.2 Å². The van der Waals surface area contributed by atoms with E-state index in [1.807, 2.05) is 13.0 Å². The van der Waals surface area contributed by atoms with Gasteiger partial charge in [0, 0.05) is 5.69 Å². The molecule has 5 nitrogen and oxygen atoms in total. The van der Waals surface area contributed by atoms with E-state index in [4.69, 9.17) is 4.42 Å². The molecule has 0 saturated heterocycles. The van der Waals surface area contributed by atoms with E-state index in [-0.39, 0.29) is 12.5 Å². The van der Waals surface area contributed by atoms with Crippen molar-refractivity contribution in [1.29, 1.82) is 0 Å². The van der Waals surface area contributed by atoms with Crippen LogP contribution in [0.1, 0.15) is 28.0 Å². The number of pyridine rings is 1. The quantitative estimate of drug-likeness (QED) is 0.856. The lowest BCUT2D eigenvalue weighted by molar-refractivity contribution is 0.0896. The molecule has 0 aliphatic carbocycles. The highest BCUT2D eigenvalue weighted by Crippen LogP contribution is 2.11. The van der Waals surface area contributed by atoms with E-state index in [1.165, 1.54) is 6.26 Å². The maximum absolute atomic E-state index is 11.8. The molecule has 0 aromatic carbocycles. The summed E-state index contributed by atoms with van der Waals surface area (Å²) in [4.78, 5) is 15.9. The van der Waals surface area contributed by atoms with Gasteiger partial charge in [-0.2, -0.15) is 0 Å². The lowest BCUT2D eigenvalue weighted by Gasteiger charge is -2.09. The van der Waals surface area contributed by atoms with E-state index in [0.717, 1.165) is 5.69 Å². The van der Waals surface area contributed by atoms with Crippen molar-refractivity contribution < 1.29 is 14.3 Å². The fourth-order valence-electron chi connectivity index (χ4n) is 1.53. The summed E-state index contributed by atoms with van der Waals surface area (Å²) in [5, 5.41) is 12.3. The monoisotopic (exact) mass is 246 g/mol. The molecular weight excluding hydrogens is 232 g/mol. The molecule has 2 heterocycles. The third-order valence-electron chi connectivity index (χ3n) is 2.45. The minimum Gasteiger partial charge on any atom is -0.467 e. The Morgan fingerprint density at radius 2 is 2.28 bits per heavy atom. The first-order valence-corrected chi connectivity index (χ1v) is 5.60. The van der Waals surface area contributed by atoms with Crippen LogP contribution in [0, 0.1) is 6.92 Å². The van der Waals surface area contributed by atoms with Crippen molar-refractivity contribution in [3.63, 3.8) is 0 Å². The van der Waals surface area contributed by atoms with Crippen LogP contribution in [0.2, 0.25) is 0 Å². The zero-order valence-electron chi connectivity index (χ0n) is 9.96. The van der Waals surface area contributed by atoms with Crippen LogP contribution in [0.3, 0.4) is 0 Å². The van der Waals surface area contributed by atoms with E-state index in [1.54, 1.807) is 24.3 Å². The van der Waals surface area contributed by atoms with Crippen LogP contribution in [0.15, 0.2) is 41.0 Å². The number of furan rings is 1. The molecule has 1 amide bonds. The van der Waals surface area contributed by atoms with Crippen LogP contribution in [0.4, 0.5) is 0 Å². The van der Waals surface area contributed by atoms with Crippen LogP contribution < -0.4 is 5.32 Å². The van der Waals surface area contributed by atoms with Gasteiger partial charge >= 0.3 is 0 Å². The van der Waals surface area contributed by atoms with Crippen molar-refractivity contribution in [3.05, 3.63) is 53.7 Å². The summed E-state index contributed by atoms with van der Waals surface area (Å²) in [6.45, 7) is 1.90. The Balaban J connectivity index is 1.92. The summed E-state index contributed by atoms with van der Waals surface area (Å²) in [7, 11) is 0. The van der Waals surface area contributed by atoms with Crippen molar-refractivity contribution in [2.45, 2.75) is 13.0 Å². The van der Waals surface area contributed by atoms with Crippen molar-refractivity contribution in [2.75, 3.05) is 6.54 Å². The molecule has 0 fully saturated rings. The van der Waals surface area contributed by atoms with Crippen molar-refractivity contribution >= 4 is 5.91 Å². The number of aliphatic hydroxyl groups is 1. The van der Waals surface area contributed by atoms with Crippen molar-refractivity contribution in [1.82, 2.24) is 10.3 Å². The molecule has 1 unspecified atom stereocenters. The Bertz CT molecular complexity index is 523. The highest BCUT2D eigenvalue weighted by molar-refractivity contribution is 5.92. The first-order chi connectivity index (χ1) is 8.66. The molecule has 2 rings (SSSR count). The molecule has 0 aliphatic rings. The second kappa shape index (κ2) is 5.46. The zero-order valence-corrected chi connectivity index (χ0v) is 9.96. The number of hydrogen-bond donors (Lipinski definition) is 2. The SMILES string of the molecule is Cc1cccc(C(=O)NCC(O)c2ccco2)n1. The molecule has 2 N–H and O–H groups in total. The van der Waals surface area contributed by atoms with E-state index in [0.29, 0.717) is 11.5 Å². The number of aromatic nitrogens is 1. The topological polar surface area (TPSA) is 75.4 Å². The van der Waals surface area contributed by atoms with Gasteiger partial charge in [-0.1, -0.05) is 6.07 Å². The first kappa shape index (κ1) is 12.3. The molecule has 0 bridgehead atoms. The number of amides is 1. The average Bonchev–Trinajstić information content (AvgIpc) is 2.89. The molecule has 0 aliphatic heterocycles. The number of rotatable bonds is 4. The first-order valence-electron chi connectivity index (χ1n) is 5.60.